The first-order valence-electron chi connectivity index (χ1n) is 10.1. The molecule has 0 fully saturated rings. The Hall–Kier alpha value is -3.44. The van der Waals surface area contributed by atoms with Gasteiger partial charge in [0.2, 0.25) is 11.7 Å². The topological polar surface area (TPSA) is 102 Å². The average Bonchev–Trinajstić information content (AvgIpc) is 2.81. The first kappa shape index (κ1) is 24.2. The second-order valence-corrected chi connectivity index (χ2v) is 7.75. The van der Waals surface area contributed by atoms with Crippen LogP contribution in [0.3, 0.4) is 0 Å². The van der Waals surface area contributed by atoms with Gasteiger partial charge in [0.05, 0.1) is 27.5 Å². The van der Waals surface area contributed by atoms with E-state index in [0.717, 1.165) is 11.9 Å². The van der Waals surface area contributed by atoms with Crippen LogP contribution in [0.25, 0.3) is 0 Å². The minimum Gasteiger partial charge on any atom is -0.493 e. The van der Waals surface area contributed by atoms with E-state index in [4.69, 9.17) is 14.2 Å². The Bertz CT molecular complexity index is 1040. The van der Waals surface area contributed by atoms with E-state index in [1.165, 1.54) is 33.5 Å². The molecule has 11 heteroatoms. The molecule has 0 aliphatic carbocycles. The molecule has 0 aliphatic heterocycles. The highest BCUT2D eigenvalue weighted by Crippen LogP contribution is 2.40. The maximum Gasteiger partial charge on any atom is 0.229 e. The van der Waals surface area contributed by atoms with Crippen LogP contribution in [0.15, 0.2) is 42.6 Å². The normalized spacial score (nSPS) is 10.6. The third kappa shape index (κ3) is 6.53. The largest absolute Gasteiger partial charge is 0.493 e. The summed E-state index contributed by atoms with van der Waals surface area (Å²) in [6.07, 6.45) is 1.10. The molecule has 3 rings (SSSR count). The van der Waals surface area contributed by atoms with Crippen LogP contribution in [-0.4, -0.2) is 37.3 Å². The summed E-state index contributed by atoms with van der Waals surface area (Å²) in [5.41, 5.74) is 2.18. The van der Waals surface area contributed by atoms with Crippen molar-refractivity contribution >= 4 is 41.0 Å². The Balaban J connectivity index is 1.74. The molecule has 2 aromatic carbocycles. The number of nitrogens with zero attached hydrogens (tertiary/aromatic N) is 2. The summed E-state index contributed by atoms with van der Waals surface area (Å²) < 4.78 is 36.8. The fourth-order valence-electron chi connectivity index (χ4n) is 2.76. The average molecular weight is 475 g/mol. The number of benzene rings is 2. The molecule has 1 heterocycles. The molecule has 1 aromatic heterocycles. The predicted molar refractivity (Wildman–Crippen MR) is 131 cm³/mol. The van der Waals surface area contributed by atoms with Crippen molar-refractivity contribution in [2.75, 3.05) is 36.7 Å². The molecule has 0 saturated heterocycles. The number of methoxy groups -OCH3 is 3. The molecular weight excluding hydrogens is 447 g/mol. The molecule has 0 radical (unpaired) electrons. The number of rotatable bonds is 11. The molecule has 0 unspecified atom stereocenters. The molecular formula is C22H27FN6O3S. The Morgan fingerprint density at radius 1 is 0.879 bits per heavy atom. The van der Waals surface area contributed by atoms with Crippen LogP contribution in [-0.2, 0) is 0 Å². The molecule has 0 aliphatic rings. The summed E-state index contributed by atoms with van der Waals surface area (Å²) in [4.78, 5) is 8.28. The van der Waals surface area contributed by atoms with Crippen molar-refractivity contribution in [3.8, 4) is 17.2 Å². The van der Waals surface area contributed by atoms with Crippen molar-refractivity contribution < 1.29 is 18.6 Å². The van der Waals surface area contributed by atoms with Crippen molar-refractivity contribution in [2.45, 2.75) is 19.9 Å². The molecule has 0 atom stereocenters. The van der Waals surface area contributed by atoms with E-state index < -0.39 is 5.82 Å². The SMILES string of the molecule is COc1cc(Nc2ncc(F)c(Nc3ccc(NSNC(C)C)cc3)n2)cc(OC)c1OC. The zero-order valence-corrected chi connectivity index (χ0v) is 19.8. The monoisotopic (exact) mass is 474 g/mol. The molecule has 4 N–H and O–H groups in total. The standard InChI is InChI=1S/C22H27FN6O3S/c1-13(2)28-33-29-15-8-6-14(7-9-15)25-21-17(23)12-24-22(27-21)26-16-10-18(30-3)20(32-5)19(11-16)31-4/h6-13,28-29H,1-5H3,(H2,24,25,26,27). The molecule has 0 spiro atoms. The zero-order chi connectivity index (χ0) is 23.8. The van der Waals surface area contributed by atoms with Gasteiger partial charge >= 0.3 is 0 Å². The van der Waals surface area contributed by atoms with Gasteiger partial charge in [-0.2, -0.15) is 4.98 Å². The maximum absolute atomic E-state index is 14.4. The number of anilines is 5. The van der Waals surface area contributed by atoms with Crippen LogP contribution < -0.4 is 34.3 Å². The van der Waals surface area contributed by atoms with Gasteiger partial charge in [-0.1, -0.05) is 0 Å². The van der Waals surface area contributed by atoms with E-state index in [-0.39, 0.29) is 11.8 Å². The van der Waals surface area contributed by atoms with Crippen molar-refractivity contribution in [1.82, 2.24) is 14.7 Å². The van der Waals surface area contributed by atoms with Crippen LogP contribution in [0.1, 0.15) is 13.8 Å². The lowest BCUT2D eigenvalue weighted by molar-refractivity contribution is 0.324. The Morgan fingerprint density at radius 3 is 2.09 bits per heavy atom. The lowest BCUT2D eigenvalue weighted by Crippen LogP contribution is -2.16. The summed E-state index contributed by atoms with van der Waals surface area (Å²) in [5.74, 6) is 1.05. The van der Waals surface area contributed by atoms with Crippen LogP contribution in [0.2, 0.25) is 0 Å². The first-order valence-corrected chi connectivity index (χ1v) is 10.9. The smallest absolute Gasteiger partial charge is 0.229 e. The Labute approximate surface area is 196 Å². The van der Waals surface area contributed by atoms with Gasteiger partial charge < -0.3 is 29.6 Å². The summed E-state index contributed by atoms with van der Waals surface area (Å²) >= 11 is 1.40. The van der Waals surface area contributed by atoms with Crippen LogP contribution in [0.4, 0.5) is 33.2 Å². The maximum atomic E-state index is 14.4. The lowest BCUT2D eigenvalue weighted by atomic mass is 10.2. The number of ether oxygens (including phenoxy) is 3. The third-order valence-electron chi connectivity index (χ3n) is 4.28. The summed E-state index contributed by atoms with van der Waals surface area (Å²) in [7, 11) is 4.58. The number of nitrogens with one attached hydrogen (secondary N) is 4. The van der Waals surface area contributed by atoms with E-state index in [1.54, 1.807) is 12.1 Å². The van der Waals surface area contributed by atoms with Crippen LogP contribution >= 0.6 is 12.1 Å². The van der Waals surface area contributed by atoms with Crippen LogP contribution in [0.5, 0.6) is 17.2 Å². The summed E-state index contributed by atoms with van der Waals surface area (Å²) in [6.45, 7) is 4.12. The van der Waals surface area contributed by atoms with E-state index in [1.807, 2.05) is 24.3 Å². The van der Waals surface area contributed by atoms with Crippen molar-refractivity contribution in [1.29, 1.82) is 0 Å². The molecule has 9 nitrogen and oxygen atoms in total. The van der Waals surface area contributed by atoms with E-state index in [9.17, 15) is 4.39 Å². The fraction of sp³-hybridized carbons (Fsp3) is 0.273. The molecule has 176 valence electrons. The third-order valence-corrected chi connectivity index (χ3v) is 5.20. The number of hydrogen-bond acceptors (Lipinski definition) is 10. The van der Waals surface area contributed by atoms with Gasteiger partial charge in [0, 0.05) is 47.4 Å². The molecule has 33 heavy (non-hydrogen) atoms. The van der Waals surface area contributed by atoms with Gasteiger partial charge in [-0.3, -0.25) is 0 Å². The van der Waals surface area contributed by atoms with E-state index >= 15 is 0 Å². The fourth-order valence-corrected chi connectivity index (χ4v) is 3.31. The van der Waals surface area contributed by atoms with Gasteiger partial charge in [-0.25, -0.2) is 14.1 Å². The minimum atomic E-state index is -0.579. The highest BCUT2D eigenvalue weighted by molar-refractivity contribution is 7.98. The van der Waals surface area contributed by atoms with Gasteiger partial charge in [-0.15, -0.1) is 0 Å². The zero-order valence-electron chi connectivity index (χ0n) is 19.0. The van der Waals surface area contributed by atoms with Gasteiger partial charge in [-0.05, 0) is 38.1 Å². The van der Waals surface area contributed by atoms with Crippen molar-refractivity contribution in [2.24, 2.45) is 0 Å². The lowest BCUT2D eigenvalue weighted by Gasteiger charge is -2.15. The molecule has 0 amide bonds. The number of aromatic nitrogens is 2. The highest BCUT2D eigenvalue weighted by atomic mass is 32.2. The quantitative estimate of drug-likeness (QED) is 0.281. The van der Waals surface area contributed by atoms with Crippen molar-refractivity contribution in [3.63, 3.8) is 0 Å². The summed E-state index contributed by atoms with van der Waals surface area (Å²) in [5, 5.41) is 6.01. The number of hydrogen-bond donors (Lipinski definition) is 4. The second-order valence-electron chi connectivity index (χ2n) is 7.11. The van der Waals surface area contributed by atoms with Crippen molar-refractivity contribution in [3.05, 3.63) is 48.4 Å². The van der Waals surface area contributed by atoms with Gasteiger partial charge in [0.25, 0.3) is 0 Å². The minimum absolute atomic E-state index is 0.0384. The summed E-state index contributed by atoms with van der Waals surface area (Å²) in [6, 6.07) is 11.2. The van der Waals surface area contributed by atoms with E-state index in [0.29, 0.717) is 34.7 Å². The molecule has 3 aromatic rings. The van der Waals surface area contributed by atoms with Gasteiger partial charge in [0.1, 0.15) is 0 Å². The van der Waals surface area contributed by atoms with E-state index in [2.05, 4.69) is 43.9 Å². The highest BCUT2D eigenvalue weighted by Gasteiger charge is 2.15. The second kappa shape index (κ2) is 11.4. The molecule has 0 saturated carbocycles. The predicted octanol–water partition coefficient (Wildman–Crippen LogP) is 5.10. The number of halogens is 1. The first-order chi connectivity index (χ1) is 15.9. The Kier molecular flexibility index (Phi) is 8.39. The molecule has 0 bridgehead atoms. The Morgan fingerprint density at radius 2 is 1.52 bits per heavy atom. The van der Waals surface area contributed by atoms with Gasteiger partial charge in [0.15, 0.2) is 23.1 Å². The van der Waals surface area contributed by atoms with Crippen LogP contribution in [0, 0.1) is 5.82 Å².